The predicted molar refractivity (Wildman–Crippen MR) is 82.6 cm³/mol. The highest BCUT2D eigenvalue weighted by atomic mass is 35.5. The molecule has 0 aromatic heterocycles. The Morgan fingerprint density at radius 3 is 2.57 bits per heavy atom. The van der Waals surface area contributed by atoms with Gasteiger partial charge in [-0.25, -0.2) is 9.98 Å². The third kappa shape index (κ3) is 2.02. The van der Waals surface area contributed by atoms with Gasteiger partial charge in [0.25, 0.3) is 0 Å². The van der Waals surface area contributed by atoms with Crippen molar-refractivity contribution in [2.75, 3.05) is 0 Å². The summed E-state index contributed by atoms with van der Waals surface area (Å²) in [6.07, 6.45) is 4.12. The van der Waals surface area contributed by atoms with Crippen LogP contribution in [-0.4, -0.2) is 34.9 Å². The summed E-state index contributed by atoms with van der Waals surface area (Å²) in [6.45, 7) is 3.57. The number of ketones is 2. The van der Waals surface area contributed by atoms with Gasteiger partial charge in [-0.15, -0.1) is 12.4 Å². The fraction of sp³-hybridized carbons (Fsp3) is 0.533. The second kappa shape index (κ2) is 4.44. The zero-order chi connectivity index (χ0) is 14.1. The Labute approximate surface area is 128 Å². The van der Waals surface area contributed by atoms with Crippen LogP contribution in [0.3, 0.4) is 0 Å². The summed E-state index contributed by atoms with van der Waals surface area (Å²) in [4.78, 5) is 37.9. The van der Waals surface area contributed by atoms with Crippen molar-refractivity contribution in [3.63, 3.8) is 0 Å². The minimum atomic E-state index is -0.745. The van der Waals surface area contributed by atoms with E-state index in [1.54, 1.807) is 20.1 Å². The molecule has 4 aliphatic rings. The van der Waals surface area contributed by atoms with Crippen LogP contribution in [0.15, 0.2) is 26.2 Å². The number of carbonyl (C=O) groups is 2. The van der Waals surface area contributed by atoms with Crippen molar-refractivity contribution in [3.8, 4) is 0 Å². The normalized spacial score (nSPS) is 29.5. The highest BCUT2D eigenvalue weighted by Crippen LogP contribution is 2.39. The molecule has 21 heavy (non-hydrogen) atoms. The third-order valence-electron chi connectivity index (χ3n) is 4.37. The van der Waals surface area contributed by atoms with Crippen molar-refractivity contribution >= 4 is 41.7 Å². The molecule has 1 atom stereocenters. The summed E-state index contributed by atoms with van der Waals surface area (Å²) in [7, 11) is 0. The van der Waals surface area contributed by atoms with Crippen molar-refractivity contribution in [1.29, 1.82) is 0 Å². The molecule has 5 nitrogen and oxygen atoms in total. The molecule has 6 heteroatoms. The Hall–Kier alpha value is -1.62. The maximum absolute atomic E-state index is 12.5. The van der Waals surface area contributed by atoms with Crippen LogP contribution in [0.5, 0.6) is 0 Å². The number of amidine groups is 1. The van der Waals surface area contributed by atoms with Crippen LogP contribution in [0.1, 0.15) is 33.1 Å². The summed E-state index contributed by atoms with van der Waals surface area (Å²) in [5.74, 6) is 0.714. The van der Waals surface area contributed by atoms with Crippen molar-refractivity contribution in [1.82, 2.24) is 0 Å². The van der Waals surface area contributed by atoms with Gasteiger partial charge in [0.05, 0.1) is 5.92 Å². The maximum Gasteiger partial charge on any atom is 0.184 e. The summed E-state index contributed by atoms with van der Waals surface area (Å²) < 4.78 is 0. The molecule has 0 radical (unpaired) electrons. The number of halogens is 1. The minimum Gasteiger partial charge on any atom is -0.296 e. The van der Waals surface area contributed by atoms with Crippen molar-refractivity contribution in [2.45, 2.75) is 38.6 Å². The molecule has 2 aliphatic heterocycles. The molecule has 0 bridgehead atoms. The lowest BCUT2D eigenvalue weighted by atomic mass is 9.74. The minimum absolute atomic E-state index is 0. The maximum atomic E-state index is 12.5. The summed E-state index contributed by atoms with van der Waals surface area (Å²) >= 11 is 0. The van der Waals surface area contributed by atoms with E-state index >= 15 is 0 Å². The first-order valence-corrected chi connectivity index (χ1v) is 7.02. The van der Waals surface area contributed by atoms with Gasteiger partial charge in [-0.1, -0.05) is 0 Å². The highest BCUT2D eigenvalue weighted by molar-refractivity contribution is 6.51. The van der Waals surface area contributed by atoms with Crippen LogP contribution in [0.2, 0.25) is 0 Å². The number of fused-ring (bicyclic) bond motifs is 2. The Balaban J connectivity index is 0.00000132. The van der Waals surface area contributed by atoms with Crippen LogP contribution in [0.25, 0.3) is 0 Å². The highest BCUT2D eigenvalue weighted by Gasteiger charge is 2.46. The zero-order valence-corrected chi connectivity index (χ0v) is 12.7. The second-order valence-corrected chi connectivity index (χ2v) is 6.37. The summed E-state index contributed by atoms with van der Waals surface area (Å²) in [5.41, 5.74) is 1.08. The van der Waals surface area contributed by atoms with E-state index in [-0.39, 0.29) is 30.4 Å². The first-order chi connectivity index (χ1) is 9.47. The Bertz CT molecular complexity index is 681. The number of aliphatic imine (C=N–C) groups is 3. The van der Waals surface area contributed by atoms with Gasteiger partial charge < -0.3 is 0 Å². The van der Waals surface area contributed by atoms with Crippen molar-refractivity contribution in [3.05, 3.63) is 11.3 Å². The van der Waals surface area contributed by atoms with Gasteiger partial charge in [0.15, 0.2) is 11.6 Å². The predicted octanol–water partition coefficient (Wildman–Crippen LogP) is 1.95. The first-order valence-electron chi connectivity index (χ1n) is 7.02. The molecule has 0 N–H and O–H groups in total. The molecule has 1 unspecified atom stereocenters. The van der Waals surface area contributed by atoms with Gasteiger partial charge in [-0.3, -0.25) is 14.6 Å². The van der Waals surface area contributed by atoms with Gasteiger partial charge in [0.1, 0.15) is 22.8 Å². The monoisotopic (exact) mass is 305 g/mol. The number of nitrogens with zero attached hydrogens (tertiary/aromatic N) is 3. The molecule has 0 aromatic carbocycles. The molecule has 4 rings (SSSR count). The average molecular weight is 306 g/mol. The van der Waals surface area contributed by atoms with Gasteiger partial charge in [0, 0.05) is 24.1 Å². The van der Waals surface area contributed by atoms with Gasteiger partial charge in [0.2, 0.25) is 0 Å². The standard InChI is InChI=1S/C15H15N3O2.ClH/c1-15(2)13(20)8-5-10(19)12-11(9(8)6-16-15)17-14(18-12)7-3-4-7;/h6-8H,3-5H2,1-2H3;1H. The van der Waals surface area contributed by atoms with Gasteiger partial charge in [-0.2, -0.15) is 0 Å². The molecule has 1 saturated carbocycles. The van der Waals surface area contributed by atoms with Crippen LogP contribution < -0.4 is 0 Å². The lowest BCUT2D eigenvalue weighted by Crippen LogP contribution is -2.44. The molecule has 0 saturated heterocycles. The van der Waals surface area contributed by atoms with E-state index in [1.165, 1.54) is 0 Å². The van der Waals surface area contributed by atoms with Crippen LogP contribution in [0, 0.1) is 11.8 Å². The fourth-order valence-electron chi connectivity index (χ4n) is 2.94. The summed E-state index contributed by atoms with van der Waals surface area (Å²) in [5, 5.41) is 0. The largest absolute Gasteiger partial charge is 0.296 e. The number of Topliss-reactive ketones (excluding diaryl/α,β-unsaturated/α-hetero) is 2. The smallest absolute Gasteiger partial charge is 0.184 e. The van der Waals surface area contributed by atoms with Gasteiger partial charge >= 0.3 is 0 Å². The molecule has 0 spiro atoms. The van der Waals surface area contributed by atoms with Crippen molar-refractivity contribution in [2.24, 2.45) is 26.8 Å². The van der Waals surface area contributed by atoms with Crippen LogP contribution >= 0.6 is 12.4 Å². The molecule has 2 heterocycles. The van der Waals surface area contributed by atoms with E-state index < -0.39 is 11.5 Å². The summed E-state index contributed by atoms with van der Waals surface area (Å²) in [6, 6.07) is 0. The second-order valence-electron chi connectivity index (χ2n) is 6.37. The fourth-order valence-corrected chi connectivity index (χ4v) is 2.94. The van der Waals surface area contributed by atoms with E-state index in [0.717, 1.165) is 24.3 Å². The Kier molecular flexibility index (Phi) is 3.03. The molecular weight excluding hydrogens is 290 g/mol. The molecule has 2 aliphatic carbocycles. The van der Waals surface area contributed by atoms with Gasteiger partial charge in [-0.05, 0) is 26.7 Å². The molecule has 1 fully saturated rings. The molecule has 110 valence electrons. The lowest BCUT2D eigenvalue weighted by Gasteiger charge is -2.32. The SMILES string of the molecule is CC1(C)N=CC2=C3N=C(C4CC4)N=C3C(=O)CC2C1=O.Cl. The third-order valence-corrected chi connectivity index (χ3v) is 4.37. The number of rotatable bonds is 1. The zero-order valence-electron chi connectivity index (χ0n) is 11.9. The van der Waals surface area contributed by atoms with E-state index in [4.69, 9.17) is 0 Å². The van der Waals surface area contributed by atoms with E-state index in [9.17, 15) is 9.59 Å². The Morgan fingerprint density at radius 1 is 1.19 bits per heavy atom. The van der Waals surface area contributed by atoms with E-state index in [0.29, 0.717) is 17.3 Å². The molecule has 0 amide bonds. The Morgan fingerprint density at radius 2 is 1.90 bits per heavy atom. The number of allylic oxidation sites excluding steroid dienone is 2. The van der Waals surface area contributed by atoms with E-state index in [1.807, 2.05) is 0 Å². The first kappa shape index (κ1) is 14.3. The topological polar surface area (TPSA) is 71.2 Å². The average Bonchev–Trinajstić information content (AvgIpc) is 3.14. The van der Waals surface area contributed by atoms with Crippen molar-refractivity contribution < 1.29 is 9.59 Å². The van der Waals surface area contributed by atoms with Crippen LogP contribution in [0.4, 0.5) is 0 Å². The molecular formula is C15H16ClN3O2. The molecule has 0 aromatic rings. The van der Waals surface area contributed by atoms with E-state index in [2.05, 4.69) is 15.0 Å². The number of carbonyl (C=O) groups excluding carboxylic acids is 2. The number of hydrogen-bond acceptors (Lipinski definition) is 5. The number of hydrogen-bond donors (Lipinski definition) is 0. The lowest BCUT2D eigenvalue weighted by molar-refractivity contribution is -0.128. The quantitative estimate of drug-likeness (QED) is 0.743. The van der Waals surface area contributed by atoms with Crippen LogP contribution in [-0.2, 0) is 9.59 Å².